The molecule has 1 saturated heterocycles. The third-order valence-corrected chi connectivity index (χ3v) is 5.73. The lowest BCUT2D eigenvalue weighted by molar-refractivity contribution is 0.0947. The number of carbonyl (C=O) groups excluding carboxylic acids is 2. The summed E-state index contributed by atoms with van der Waals surface area (Å²) < 4.78 is 0. The molecule has 2 heterocycles. The number of likely N-dealkylation sites (tertiary alicyclic amines) is 1. The summed E-state index contributed by atoms with van der Waals surface area (Å²) >= 11 is 6.87. The summed E-state index contributed by atoms with van der Waals surface area (Å²) in [6.07, 6.45) is 3.44. The molecule has 0 spiro atoms. The summed E-state index contributed by atoms with van der Waals surface area (Å²) in [5, 5.41) is 14.0. The Hall–Kier alpha value is -2.03. The topological polar surface area (TPSA) is 87.2 Å². The van der Waals surface area contributed by atoms with Crippen LogP contribution in [0.15, 0.2) is 24.3 Å². The quantitative estimate of drug-likeness (QED) is 0.670. The molecule has 28 heavy (non-hydrogen) atoms. The minimum Gasteiger partial charge on any atom is -0.350 e. The Bertz CT molecular complexity index is 828. The van der Waals surface area contributed by atoms with Gasteiger partial charge >= 0.3 is 0 Å². The van der Waals surface area contributed by atoms with E-state index in [9.17, 15) is 9.59 Å². The summed E-state index contributed by atoms with van der Waals surface area (Å²) in [7, 11) is 0. The van der Waals surface area contributed by atoms with E-state index in [0.29, 0.717) is 17.3 Å². The van der Waals surface area contributed by atoms with E-state index < -0.39 is 5.91 Å². The van der Waals surface area contributed by atoms with Crippen LogP contribution in [0.2, 0.25) is 5.02 Å². The molecule has 3 rings (SSSR count). The van der Waals surface area contributed by atoms with E-state index in [0.717, 1.165) is 43.3 Å². The SMILES string of the molecule is C[C@@H]1CCCN(CCCNC(=O)c2nnc(C(=O)Nc3cccc(Cl)c3)s2)C1. The molecule has 0 saturated carbocycles. The Kier molecular flexibility index (Phi) is 7.36. The van der Waals surface area contributed by atoms with Crippen molar-refractivity contribution in [1.82, 2.24) is 20.4 Å². The van der Waals surface area contributed by atoms with Crippen LogP contribution in [-0.2, 0) is 0 Å². The van der Waals surface area contributed by atoms with Gasteiger partial charge in [-0.3, -0.25) is 9.59 Å². The number of aromatic nitrogens is 2. The van der Waals surface area contributed by atoms with Crippen molar-refractivity contribution in [3.8, 4) is 0 Å². The number of hydrogen-bond acceptors (Lipinski definition) is 6. The third kappa shape index (κ3) is 5.98. The predicted molar refractivity (Wildman–Crippen MR) is 111 cm³/mol. The van der Waals surface area contributed by atoms with E-state index in [1.165, 1.54) is 12.8 Å². The summed E-state index contributed by atoms with van der Waals surface area (Å²) in [6, 6.07) is 6.82. The van der Waals surface area contributed by atoms with Gasteiger partial charge in [0.25, 0.3) is 11.8 Å². The summed E-state index contributed by atoms with van der Waals surface area (Å²) in [5.41, 5.74) is 0.561. The largest absolute Gasteiger partial charge is 0.350 e. The van der Waals surface area contributed by atoms with Gasteiger partial charge in [0.1, 0.15) is 0 Å². The van der Waals surface area contributed by atoms with Crippen molar-refractivity contribution >= 4 is 40.4 Å². The minimum absolute atomic E-state index is 0.132. The molecule has 2 aromatic rings. The highest BCUT2D eigenvalue weighted by Gasteiger charge is 2.18. The number of halogens is 1. The lowest BCUT2D eigenvalue weighted by Gasteiger charge is -2.30. The first-order valence-electron chi connectivity index (χ1n) is 9.42. The second-order valence-corrected chi connectivity index (χ2v) is 8.45. The van der Waals surface area contributed by atoms with Gasteiger partial charge < -0.3 is 15.5 Å². The average molecular weight is 422 g/mol. The normalized spacial score (nSPS) is 17.3. The molecule has 1 aromatic heterocycles. The molecule has 1 aliphatic heterocycles. The Morgan fingerprint density at radius 2 is 2.07 bits per heavy atom. The van der Waals surface area contributed by atoms with Crippen LogP contribution >= 0.6 is 22.9 Å². The number of nitrogens with zero attached hydrogens (tertiary/aromatic N) is 3. The molecule has 2 N–H and O–H groups in total. The molecule has 9 heteroatoms. The number of rotatable bonds is 7. The van der Waals surface area contributed by atoms with Crippen molar-refractivity contribution in [2.24, 2.45) is 5.92 Å². The highest BCUT2D eigenvalue weighted by Crippen LogP contribution is 2.17. The zero-order valence-electron chi connectivity index (χ0n) is 15.8. The van der Waals surface area contributed by atoms with E-state index in [1.807, 2.05) is 0 Å². The van der Waals surface area contributed by atoms with Gasteiger partial charge in [0.2, 0.25) is 10.0 Å². The van der Waals surface area contributed by atoms with Gasteiger partial charge in [-0.05, 0) is 56.5 Å². The van der Waals surface area contributed by atoms with E-state index in [-0.39, 0.29) is 15.9 Å². The maximum Gasteiger partial charge on any atom is 0.286 e. The van der Waals surface area contributed by atoms with Crippen molar-refractivity contribution in [2.75, 3.05) is 31.5 Å². The highest BCUT2D eigenvalue weighted by molar-refractivity contribution is 7.15. The van der Waals surface area contributed by atoms with Gasteiger partial charge in [0.15, 0.2) is 0 Å². The number of anilines is 1. The molecule has 0 radical (unpaired) electrons. The molecule has 7 nitrogen and oxygen atoms in total. The smallest absolute Gasteiger partial charge is 0.286 e. The molecular weight excluding hydrogens is 398 g/mol. The Labute approximate surface area is 173 Å². The van der Waals surface area contributed by atoms with E-state index >= 15 is 0 Å². The number of benzene rings is 1. The maximum atomic E-state index is 12.2. The van der Waals surface area contributed by atoms with Crippen LogP contribution in [0.25, 0.3) is 0 Å². The van der Waals surface area contributed by atoms with Gasteiger partial charge in [-0.25, -0.2) is 0 Å². The van der Waals surface area contributed by atoms with Crippen molar-refractivity contribution in [1.29, 1.82) is 0 Å². The van der Waals surface area contributed by atoms with Gasteiger partial charge in [0, 0.05) is 23.8 Å². The molecule has 1 aliphatic rings. The first-order chi connectivity index (χ1) is 13.5. The van der Waals surface area contributed by atoms with Gasteiger partial charge in [0.05, 0.1) is 0 Å². The van der Waals surface area contributed by atoms with Gasteiger partial charge in [-0.1, -0.05) is 35.9 Å². The van der Waals surface area contributed by atoms with Crippen LogP contribution < -0.4 is 10.6 Å². The molecule has 1 fully saturated rings. The molecule has 1 aromatic carbocycles. The van der Waals surface area contributed by atoms with Crippen molar-refractivity contribution in [2.45, 2.75) is 26.2 Å². The van der Waals surface area contributed by atoms with Crippen molar-refractivity contribution < 1.29 is 9.59 Å². The Balaban J connectivity index is 1.43. The predicted octanol–water partition coefficient (Wildman–Crippen LogP) is 3.30. The van der Waals surface area contributed by atoms with E-state index in [4.69, 9.17) is 11.6 Å². The van der Waals surface area contributed by atoms with Crippen LogP contribution in [0.5, 0.6) is 0 Å². The molecule has 0 unspecified atom stereocenters. The lowest BCUT2D eigenvalue weighted by Crippen LogP contribution is -2.36. The monoisotopic (exact) mass is 421 g/mol. The lowest BCUT2D eigenvalue weighted by atomic mass is 10.0. The first-order valence-corrected chi connectivity index (χ1v) is 10.6. The zero-order chi connectivity index (χ0) is 19.9. The fourth-order valence-electron chi connectivity index (χ4n) is 3.23. The van der Waals surface area contributed by atoms with E-state index in [2.05, 4.69) is 32.7 Å². The summed E-state index contributed by atoms with van der Waals surface area (Å²) in [6.45, 7) is 6.11. The minimum atomic E-state index is -0.418. The number of carbonyl (C=O) groups is 2. The van der Waals surface area contributed by atoms with Crippen molar-refractivity contribution in [3.05, 3.63) is 39.3 Å². The average Bonchev–Trinajstić information content (AvgIpc) is 3.16. The zero-order valence-corrected chi connectivity index (χ0v) is 17.4. The fraction of sp³-hybridized carbons (Fsp3) is 0.474. The molecule has 0 bridgehead atoms. The molecular formula is C19H24ClN5O2S. The molecule has 2 amide bonds. The summed E-state index contributed by atoms with van der Waals surface area (Å²) in [4.78, 5) is 26.9. The number of hydrogen-bond donors (Lipinski definition) is 2. The molecule has 1 atom stereocenters. The van der Waals surface area contributed by atoms with Crippen LogP contribution in [0.1, 0.15) is 45.8 Å². The number of piperidine rings is 1. The Morgan fingerprint density at radius 3 is 2.82 bits per heavy atom. The third-order valence-electron chi connectivity index (χ3n) is 4.57. The van der Waals surface area contributed by atoms with Gasteiger partial charge in [-0.15, -0.1) is 10.2 Å². The van der Waals surface area contributed by atoms with Crippen LogP contribution in [0.3, 0.4) is 0 Å². The van der Waals surface area contributed by atoms with Crippen LogP contribution in [-0.4, -0.2) is 53.1 Å². The van der Waals surface area contributed by atoms with E-state index in [1.54, 1.807) is 24.3 Å². The van der Waals surface area contributed by atoms with Crippen molar-refractivity contribution in [3.63, 3.8) is 0 Å². The number of amides is 2. The summed E-state index contributed by atoms with van der Waals surface area (Å²) in [5.74, 6) is 0.0329. The first kappa shape index (κ1) is 20.7. The standard InChI is InChI=1S/C19H24ClN5O2S/c1-13-5-3-9-25(12-13)10-4-8-21-16(26)18-23-24-19(28-18)17(27)22-15-7-2-6-14(20)11-15/h2,6-7,11,13H,3-5,8-10,12H2,1H3,(H,21,26)(H,22,27)/t13-/m1/s1. The fourth-order valence-corrected chi connectivity index (χ4v) is 4.07. The second-order valence-electron chi connectivity index (χ2n) is 7.03. The molecule has 150 valence electrons. The maximum absolute atomic E-state index is 12.2. The highest BCUT2D eigenvalue weighted by atomic mass is 35.5. The molecule has 0 aliphatic carbocycles. The Morgan fingerprint density at radius 1 is 1.29 bits per heavy atom. The second kappa shape index (κ2) is 9.95. The number of nitrogens with one attached hydrogen (secondary N) is 2. The van der Waals surface area contributed by atoms with Gasteiger partial charge in [-0.2, -0.15) is 0 Å². The van der Waals surface area contributed by atoms with Crippen LogP contribution in [0, 0.1) is 5.92 Å². The van der Waals surface area contributed by atoms with Crippen LogP contribution in [0.4, 0.5) is 5.69 Å².